The highest BCUT2D eigenvalue weighted by atomic mass is 16.5. The highest BCUT2D eigenvalue weighted by Crippen LogP contribution is 2.20. The van der Waals surface area contributed by atoms with E-state index >= 15 is 0 Å². The van der Waals surface area contributed by atoms with Crippen LogP contribution in [0.5, 0.6) is 0 Å². The van der Waals surface area contributed by atoms with E-state index in [2.05, 4.69) is 26.4 Å². The summed E-state index contributed by atoms with van der Waals surface area (Å²) < 4.78 is 5.05. The Morgan fingerprint density at radius 1 is 1.36 bits per heavy atom. The zero-order valence-corrected chi connectivity index (χ0v) is 15.2. The number of nitrogens with one attached hydrogen (secondary N) is 1. The summed E-state index contributed by atoms with van der Waals surface area (Å²) in [5.41, 5.74) is 3.14. The number of aromatic nitrogens is 2. The van der Waals surface area contributed by atoms with E-state index in [-0.39, 0.29) is 5.91 Å². The SMILES string of the molecule is Cc1ccc(C)c(NC(=O)CN2CCCC(Cc3noc(C)n3)C2)c1. The molecule has 6 nitrogen and oxygen atoms in total. The van der Waals surface area contributed by atoms with Crippen LogP contribution in [0.3, 0.4) is 0 Å². The lowest BCUT2D eigenvalue weighted by molar-refractivity contribution is -0.117. The van der Waals surface area contributed by atoms with Crippen LogP contribution >= 0.6 is 0 Å². The van der Waals surface area contributed by atoms with E-state index in [4.69, 9.17) is 4.52 Å². The number of hydrogen-bond donors (Lipinski definition) is 1. The van der Waals surface area contributed by atoms with Crippen LogP contribution in [0, 0.1) is 26.7 Å². The molecule has 1 aromatic heterocycles. The number of carbonyl (C=O) groups excluding carboxylic acids is 1. The van der Waals surface area contributed by atoms with Crippen molar-refractivity contribution in [1.29, 1.82) is 0 Å². The fourth-order valence-corrected chi connectivity index (χ4v) is 3.41. The molecule has 0 radical (unpaired) electrons. The number of likely N-dealkylation sites (tertiary alicyclic amines) is 1. The van der Waals surface area contributed by atoms with Crippen LogP contribution in [0.1, 0.15) is 35.7 Å². The van der Waals surface area contributed by atoms with Crippen molar-refractivity contribution in [3.8, 4) is 0 Å². The van der Waals surface area contributed by atoms with Crippen molar-refractivity contribution in [3.05, 3.63) is 41.0 Å². The van der Waals surface area contributed by atoms with Crippen LogP contribution < -0.4 is 5.32 Å². The second-order valence-corrected chi connectivity index (χ2v) is 7.04. The normalized spacial score (nSPS) is 18.3. The molecule has 1 atom stereocenters. The highest BCUT2D eigenvalue weighted by molar-refractivity contribution is 5.93. The van der Waals surface area contributed by atoms with Crippen molar-refractivity contribution in [1.82, 2.24) is 15.0 Å². The minimum absolute atomic E-state index is 0.0461. The van der Waals surface area contributed by atoms with Gasteiger partial charge in [0, 0.05) is 25.6 Å². The van der Waals surface area contributed by atoms with Crippen LogP contribution in [-0.4, -0.2) is 40.6 Å². The summed E-state index contributed by atoms with van der Waals surface area (Å²) >= 11 is 0. The number of piperidine rings is 1. The molecule has 1 aromatic carbocycles. The summed E-state index contributed by atoms with van der Waals surface area (Å²) in [6.45, 7) is 8.13. The first kappa shape index (κ1) is 17.6. The molecule has 0 aliphatic carbocycles. The third-order valence-corrected chi connectivity index (χ3v) is 4.68. The summed E-state index contributed by atoms with van der Waals surface area (Å²) in [7, 11) is 0. The fourth-order valence-electron chi connectivity index (χ4n) is 3.41. The van der Waals surface area contributed by atoms with Gasteiger partial charge in [-0.1, -0.05) is 17.3 Å². The van der Waals surface area contributed by atoms with Crippen molar-refractivity contribution in [2.75, 3.05) is 25.0 Å². The van der Waals surface area contributed by atoms with Crippen molar-refractivity contribution >= 4 is 11.6 Å². The molecule has 25 heavy (non-hydrogen) atoms. The Kier molecular flexibility index (Phi) is 5.48. The Hall–Kier alpha value is -2.21. The molecule has 2 heterocycles. The lowest BCUT2D eigenvalue weighted by Gasteiger charge is -2.31. The summed E-state index contributed by atoms with van der Waals surface area (Å²) in [5, 5.41) is 7.03. The lowest BCUT2D eigenvalue weighted by Crippen LogP contribution is -2.41. The van der Waals surface area contributed by atoms with E-state index in [1.807, 2.05) is 26.0 Å². The number of aryl methyl sites for hydroxylation is 3. The first-order valence-corrected chi connectivity index (χ1v) is 8.88. The zero-order chi connectivity index (χ0) is 17.8. The number of amides is 1. The van der Waals surface area contributed by atoms with Gasteiger partial charge in [0.25, 0.3) is 0 Å². The number of hydrogen-bond acceptors (Lipinski definition) is 5. The maximum absolute atomic E-state index is 12.4. The van der Waals surface area contributed by atoms with Gasteiger partial charge in [0.1, 0.15) is 0 Å². The average Bonchev–Trinajstić information content (AvgIpc) is 2.96. The van der Waals surface area contributed by atoms with Crippen LogP contribution in [0.4, 0.5) is 5.69 Å². The molecule has 0 spiro atoms. The second kappa shape index (κ2) is 7.78. The second-order valence-electron chi connectivity index (χ2n) is 7.04. The standard InChI is InChI=1S/C19H26N4O2/c1-13-6-7-14(2)17(9-13)21-19(24)12-23-8-4-5-16(11-23)10-18-20-15(3)25-22-18/h6-7,9,16H,4-5,8,10-12H2,1-3H3,(H,21,24). The van der Waals surface area contributed by atoms with Crippen molar-refractivity contribution in [2.24, 2.45) is 5.92 Å². The largest absolute Gasteiger partial charge is 0.340 e. The van der Waals surface area contributed by atoms with Gasteiger partial charge < -0.3 is 9.84 Å². The Morgan fingerprint density at radius 3 is 2.96 bits per heavy atom. The van der Waals surface area contributed by atoms with Gasteiger partial charge in [-0.3, -0.25) is 9.69 Å². The molecule has 1 aliphatic heterocycles. The number of anilines is 1. The van der Waals surface area contributed by atoms with Gasteiger partial charge in [0.2, 0.25) is 11.8 Å². The molecular weight excluding hydrogens is 316 g/mol. The third-order valence-electron chi connectivity index (χ3n) is 4.68. The maximum Gasteiger partial charge on any atom is 0.238 e. The molecule has 134 valence electrons. The van der Waals surface area contributed by atoms with Gasteiger partial charge in [-0.25, -0.2) is 0 Å². The van der Waals surface area contributed by atoms with E-state index in [0.717, 1.165) is 55.0 Å². The summed E-state index contributed by atoms with van der Waals surface area (Å²) in [6.07, 6.45) is 3.05. The van der Waals surface area contributed by atoms with E-state index in [1.54, 1.807) is 6.92 Å². The quantitative estimate of drug-likeness (QED) is 0.905. The Labute approximate surface area is 148 Å². The molecule has 0 saturated carbocycles. The van der Waals surface area contributed by atoms with Crippen molar-refractivity contribution in [3.63, 3.8) is 0 Å². The minimum atomic E-state index is 0.0461. The Balaban J connectivity index is 1.53. The van der Waals surface area contributed by atoms with E-state index in [1.165, 1.54) is 0 Å². The Bertz CT molecular complexity index is 741. The molecule has 1 aliphatic rings. The fraction of sp³-hybridized carbons (Fsp3) is 0.526. The van der Waals surface area contributed by atoms with Gasteiger partial charge in [0.15, 0.2) is 5.82 Å². The monoisotopic (exact) mass is 342 g/mol. The first-order chi connectivity index (χ1) is 12.0. The predicted octanol–water partition coefficient (Wildman–Crippen LogP) is 2.89. The molecule has 2 aromatic rings. The summed E-state index contributed by atoms with van der Waals surface area (Å²) in [6, 6.07) is 6.11. The molecule has 1 fully saturated rings. The van der Waals surface area contributed by atoms with Gasteiger partial charge in [0.05, 0.1) is 6.54 Å². The van der Waals surface area contributed by atoms with E-state index < -0.39 is 0 Å². The minimum Gasteiger partial charge on any atom is -0.340 e. The predicted molar refractivity (Wildman–Crippen MR) is 96.4 cm³/mol. The molecule has 1 N–H and O–H groups in total. The van der Waals surface area contributed by atoms with E-state index in [0.29, 0.717) is 18.4 Å². The molecule has 3 rings (SSSR count). The Morgan fingerprint density at radius 2 is 2.20 bits per heavy atom. The number of benzene rings is 1. The summed E-state index contributed by atoms with van der Waals surface area (Å²) in [4.78, 5) is 18.9. The molecular formula is C19H26N4O2. The molecule has 0 bridgehead atoms. The topological polar surface area (TPSA) is 71.3 Å². The van der Waals surface area contributed by atoms with Gasteiger partial charge in [-0.2, -0.15) is 4.98 Å². The zero-order valence-electron chi connectivity index (χ0n) is 15.2. The lowest BCUT2D eigenvalue weighted by atomic mass is 9.94. The van der Waals surface area contributed by atoms with Crippen molar-refractivity contribution in [2.45, 2.75) is 40.0 Å². The molecule has 6 heteroatoms. The van der Waals surface area contributed by atoms with Crippen LogP contribution in [-0.2, 0) is 11.2 Å². The molecule has 1 amide bonds. The molecule has 1 saturated heterocycles. The van der Waals surface area contributed by atoms with Crippen LogP contribution in [0.15, 0.2) is 22.7 Å². The van der Waals surface area contributed by atoms with Gasteiger partial charge in [-0.05, 0) is 56.3 Å². The van der Waals surface area contributed by atoms with Crippen LogP contribution in [0.2, 0.25) is 0 Å². The van der Waals surface area contributed by atoms with Gasteiger partial charge >= 0.3 is 0 Å². The first-order valence-electron chi connectivity index (χ1n) is 8.88. The number of nitrogens with zero attached hydrogens (tertiary/aromatic N) is 3. The smallest absolute Gasteiger partial charge is 0.238 e. The van der Waals surface area contributed by atoms with Crippen molar-refractivity contribution < 1.29 is 9.32 Å². The van der Waals surface area contributed by atoms with E-state index in [9.17, 15) is 4.79 Å². The number of rotatable bonds is 5. The maximum atomic E-state index is 12.4. The third kappa shape index (κ3) is 4.89. The highest BCUT2D eigenvalue weighted by Gasteiger charge is 2.23. The van der Waals surface area contributed by atoms with Crippen LogP contribution in [0.25, 0.3) is 0 Å². The average molecular weight is 342 g/mol. The summed E-state index contributed by atoms with van der Waals surface area (Å²) in [5.74, 6) is 1.89. The molecule has 1 unspecified atom stereocenters. The number of carbonyl (C=O) groups is 1. The van der Waals surface area contributed by atoms with Gasteiger partial charge in [-0.15, -0.1) is 0 Å².